The molecular weight excluding hydrogens is 266 g/mol. The van der Waals surface area contributed by atoms with Crippen molar-refractivity contribution in [1.29, 1.82) is 0 Å². The molecule has 1 saturated carbocycles. The molecule has 1 heterocycles. The van der Waals surface area contributed by atoms with E-state index in [0.29, 0.717) is 5.78 Å². The molecule has 106 valence electrons. The van der Waals surface area contributed by atoms with E-state index in [1.54, 1.807) is 18.3 Å². The lowest BCUT2D eigenvalue weighted by Crippen LogP contribution is -2.29. The van der Waals surface area contributed by atoms with Crippen molar-refractivity contribution in [3.63, 3.8) is 0 Å². The summed E-state index contributed by atoms with van der Waals surface area (Å²) in [5, 5.41) is 1.20. The minimum atomic E-state index is 0.179. The van der Waals surface area contributed by atoms with Crippen LogP contribution in [0.25, 0.3) is 10.2 Å². The van der Waals surface area contributed by atoms with Crippen LogP contribution in [0, 0.1) is 5.41 Å². The molecule has 0 atom stereocenters. The van der Waals surface area contributed by atoms with Crippen LogP contribution in [-0.4, -0.2) is 10.8 Å². The summed E-state index contributed by atoms with van der Waals surface area (Å²) < 4.78 is 1.26. The first-order valence-electron chi connectivity index (χ1n) is 7.51. The summed E-state index contributed by atoms with van der Waals surface area (Å²) in [7, 11) is 0. The van der Waals surface area contributed by atoms with Crippen LogP contribution in [-0.2, 0) is 11.2 Å². The average Bonchev–Trinajstić information content (AvgIpc) is 2.80. The van der Waals surface area contributed by atoms with Crippen molar-refractivity contribution >= 4 is 27.3 Å². The van der Waals surface area contributed by atoms with Gasteiger partial charge in [0.15, 0.2) is 0 Å². The monoisotopic (exact) mass is 287 g/mol. The van der Waals surface area contributed by atoms with Gasteiger partial charge in [0.2, 0.25) is 0 Å². The van der Waals surface area contributed by atoms with Crippen molar-refractivity contribution in [1.82, 2.24) is 4.98 Å². The summed E-state index contributed by atoms with van der Waals surface area (Å²) in [6.45, 7) is 1.73. The number of para-hydroxylation sites is 1. The van der Waals surface area contributed by atoms with Gasteiger partial charge in [0.05, 0.1) is 15.2 Å². The molecule has 1 aromatic heterocycles. The molecule has 0 spiro atoms. The minimum absolute atomic E-state index is 0.179. The Balaban J connectivity index is 1.86. The molecule has 0 saturated heterocycles. The van der Waals surface area contributed by atoms with Crippen LogP contribution in [0.5, 0.6) is 0 Å². The Bertz CT molecular complexity index is 577. The Morgan fingerprint density at radius 3 is 2.70 bits per heavy atom. The van der Waals surface area contributed by atoms with Crippen molar-refractivity contribution < 1.29 is 4.79 Å². The Kier molecular flexibility index (Phi) is 3.88. The van der Waals surface area contributed by atoms with Crippen molar-refractivity contribution in [2.45, 2.75) is 51.9 Å². The third-order valence-corrected chi connectivity index (χ3v) is 5.44. The summed E-state index contributed by atoms with van der Waals surface area (Å²) in [5.41, 5.74) is 1.28. The number of hydrogen-bond donors (Lipinski definition) is 0. The maximum atomic E-state index is 11.7. The number of carbonyl (C=O) groups is 1. The lowest BCUT2D eigenvalue weighted by Gasteiger charge is -2.36. The van der Waals surface area contributed by atoms with E-state index in [9.17, 15) is 4.79 Å². The van der Waals surface area contributed by atoms with Crippen LogP contribution in [0.1, 0.15) is 50.5 Å². The number of nitrogens with zero attached hydrogens (tertiary/aromatic N) is 1. The van der Waals surface area contributed by atoms with Crippen LogP contribution < -0.4 is 0 Å². The summed E-state index contributed by atoms with van der Waals surface area (Å²) in [6, 6.07) is 8.32. The molecule has 0 unspecified atom stereocenters. The summed E-state index contributed by atoms with van der Waals surface area (Å²) >= 11 is 1.79. The third kappa shape index (κ3) is 2.93. The van der Waals surface area contributed by atoms with E-state index in [2.05, 4.69) is 18.2 Å². The lowest BCUT2D eigenvalue weighted by molar-refractivity contribution is -0.119. The number of Topliss-reactive ketones (excluding diaryl/α,β-unsaturated/α-hetero) is 1. The summed E-state index contributed by atoms with van der Waals surface area (Å²) in [4.78, 5) is 16.4. The van der Waals surface area contributed by atoms with Gasteiger partial charge in [-0.2, -0.15) is 0 Å². The Hall–Kier alpha value is -1.22. The zero-order chi connectivity index (χ0) is 14.0. The second-order valence-electron chi connectivity index (χ2n) is 6.19. The van der Waals surface area contributed by atoms with Gasteiger partial charge in [0.1, 0.15) is 5.78 Å². The van der Waals surface area contributed by atoms with Gasteiger partial charge in [-0.15, -0.1) is 11.3 Å². The number of aromatic nitrogens is 1. The first-order valence-corrected chi connectivity index (χ1v) is 8.32. The molecule has 3 heteroatoms. The first kappa shape index (κ1) is 13.7. The number of fused-ring (bicyclic) bond motifs is 1. The zero-order valence-corrected chi connectivity index (χ0v) is 12.8. The molecule has 1 aliphatic rings. The van der Waals surface area contributed by atoms with Gasteiger partial charge in [-0.25, -0.2) is 4.98 Å². The predicted molar refractivity (Wildman–Crippen MR) is 84.1 cm³/mol. The number of thiazole rings is 1. The highest BCUT2D eigenvalue weighted by Gasteiger charge is 2.34. The van der Waals surface area contributed by atoms with E-state index < -0.39 is 0 Å². The molecule has 1 aliphatic carbocycles. The van der Waals surface area contributed by atoms with E-state index in [1.165, 1.54) is 41.8 Å². The smallest absolute Gasteiger partial charge is 0.130 e. The van der Waals surface area contributed by atoms with Crippen LogP contribution in [0.15, 0.2) is 24.3 Å². The van der Waals surface area contributed by atoms with Gasteiger partial charge < -0.3 is 4.79 Å². The van der Waals surface area contributed by atoms with Crippen molar-refractivity contribution in [2.75, 3.05) is 0 Å². The van der Waals surface area contributed by atoms with Gasteiger partial charge in [-0.3, -0.25) is 0 Å². The topological polar surface area (TPSA) is 30.0 Å². The lowest BCUT2D eigenvalue weighted by atomic mass is 9.69. The minimum Gasteiger partial charge on any atom is -0.300 e. The standard InChI is InChI=1S/C17H21NOS/c1-13(19)11-17(9-5-2-6-10-17)12-16-18-14-7-3-4-8-15(14)20-16/h3-4,7-8H,2,5-6,9-12H2,1H3. The summed E-state index contributed by atoms with van der Waals surface area (Å²) in [6.07, 6.45) is 7.91. The Morgan fingerprint density at radius 1 is 1.25 bits per heavy atom. The van der Waals surface area contributed by atoms with Crippen LogP contribution >= 0.6 is 11.3 Å². The molecule has 2 aromatic rings. The highest BCUT2D eigenvalue weighted by Crippen LogP contribution is 2.43. The van der Waals surface area contributed by atoms with Crippen LogP contribution in [0.2, 0.25) is 0 Å². The molecule has 0 amide bonds. The molecule has 0 N–H and O–H groups in total. The second kappa shape index (κ2) is 5.65. The maximum Gasteiger partial charge on any atom is 0.130 e. The highest BCUT2D eigenvalue weighted by molar-refractivity contribution is 7.18. The first-order chi connectivity index (χ1) is 9.67. The Morgan fingerprint density at radius 2 is 2.00 bits per heavy atom. The maximum absolute atomic E-state index is 11.7. The van der Waals surface area contributed by atoms with Crippen LogP contribution in [0.4, 0.5) is 0 Å². The van der Waals surface area contributed by atoms with Crippen molar-refractivity contribution in [3.8, 4) is 0 Å². The van der Waals surface area contributed by atoms with Crippen molar-refractivity contribution in [3.05, 3.63) is 29.3 Å². The molecule has 1 aromatic carbocycles. The van der Waals surface area contributed by atoms with Gasteiger partial charge in [0.25, 0.3) is 0 Å². The van der Waals surface area contributed by atoms with E-state index in [4.69, 9.17) is 4.98 Å². The van der Waals surface area contributed by atoms with Gasteiger partial charge in [-0.05, 0) is 37.3 Å². The summed E-state index contributed by atoms with van der Waals surface area (Å²) in [5.74, 6) is 0.327. The van der Waals surface area contributed by atoms with Gasteiger partial charge in [-0.1, -0.05) is 31.4 Å². The molecule has 3 rings (SSSR count). The van der Waals surface area contributed by atoms with Gasteiger partial charge in [0, 0.05) is 12.8 Å². The van der Waals surface area contributed by atoms with Crippen LogP contribution in [0.3, 0.4) is 0 Å². The van der Waals surface area contributed by atoms with E-state index in [-0.39, 0.29) is 5.41 Å². The number of carbonyl (C=O) groups excluding carboxylic acids is 1. The number of ketones is 1. The van der Waals surface area contributed by atoms with E-state index in [0.717, 1.165) is 18.4 Å². The molecule has 1 fully saturated rings. The fraction of sp³-hybridized carbons (Fsp3) is 0.529. The number of rotatable bonds is 4. The van der Waals surface area contributed by atoms with E-state index in [1.807, 2.05) is 6.07 Å². The van der Waals surface area contributed by atoms with Crippen molar-refractivity contribution in [2.24, 2.45) is 5.41 Å². The molecule has 20 heavy (non-hydrogen) atoms. The molecular formula is C17H21NOS. The SMILES string of the molecule is CC(=O)CC1(Cc2nc3ccccc3s2)CCCCC1. The largest absolute Gasteiger partial charge is 0.300 e. The fourth-order valence-corrected chi connectivity index (χ4v) is 4.70. The molecule has 0 aliphatic heterocycles. The average molecular weight is 287 g/mol. The third-order valence-electron chi connectivity index (χ3n) is 4.40. The molecule has 0 radical (unpaired) electrons. The highest BCUT2D eigenvalue weighted by atomic mass is 32.1. The van der Waals surface area contributed by atoms with E-state index >= 15 is 0 Å². The fourth-order valence-electron chi connectivity index (χ4n) is 3.56. The normalized spacial score (nSPS) is 18.2. The molecule has 0 bridgehead atoms. The zero-order valence-electron chi connectivity index (χ0n) is 12.0. The molecule has 2 nitrogen and oxygen atoms in total. The quantitative estimate of drug-likeness (QED) is 0.811. The number of hydrogen-bond acceptors (Lipinski definition) is 3. The van der Waals surface area contributed by atoms with Gasteiger partial charge >= 0.3 is 0 Å². The number of benzene rings is 1. The second-order valence-corrected chi connectivity index (χ2v) is 7.31. The predicted octanol–water partition coefficient (Wildman–Crippen LogP) is 4.77. The Labute approximate surface area is 124 Å².